The van der Waals surface area contributed by atoms with E-state index in [2.05, 4.69) is 45.0 Å². The molecule has 0 saturated carbocycles. The van der Waals surface area contributed by atoms with E-state index in [4.69, 9.17) is 0 Å². The minimum Gasteiger partial charge on any atom is -0.309 e. The number of hydrogen-bond donors (Lipinski definition) is 0. The Labute approximate surface area is 151 Å². The van der Waals surface area contributed by atoms with Crippen LogP contribution in [0.3, 0.4) is 0 Å². The third-order valence-electron chi connectivity index (χ3n) is 4.18. The average Bonchev–Trinajstić information content (AvgIpc) is 2.58. The largest absolute Gasteiger partial charge is 0.309 e. The van der Waals surface area contributed by atoms with E-state index in [1.807, 2.05) is 47.4 Å². The molecule has 0 radical (unpaired) electrons. The molecule has 132 valence electrons. The van der Waals surface area contributed by atoms with Crippen LogP contribution >= 0.6 is 0 Å². The summed E-state index contributed by atoms with van der Waals surface area (Å²) >= 11 is 0. The molecule has 0 heterocycles. The molecule has 3 heteroatoms. The third kappa shape index (κ3) is 5.57. The second-order valence-electron chi connectivity index (χ2n) is 6.63. The topological polar surface area (TPSA) is 23.6 Å². The molecule has 1 amide bonds. The van der Waals surface area contributed by atoms with Crippen molar-refractivity contribution in [1.82, 2.24) is 4.90 Å². The van der Waals surface area contributed by atoms with E-state index in [-0.39, 0.29) is 5.91 Å². The fraction of sp³-hybridized carbons (Fsp3) is 0.318. The maximum Gasteiger partial charge on any atom is 0.251 e. The minimum absolute atomic E-state index is 0.0278. The maximum absolute atomic E-state index is 12.9. The number of benzene rings is 2. The number of para-hydroxylation sites is 1. The molecule has 0 spiro atoms. The average molecular weight is 336 g/mol. The Bertz CT molecular complexity index is 700. The first-order chi connectivity index (χ1) is 12.0. The van der Waals surface area contributed by atoms with Gasteiger partial charge in [0.1, 0.15) is 0 Å². The highest BCUT2D eigenvalue weighted by Gasteiger charge is 2.17. The summed E-state index contributed by atoms with van der Waals surface area (Å²) in [6.07, 6.45) is 4.50. The van der Waals surface area contributed by atoms with Crippen molar-refractivity contribution in [3.8, 4) is 0 Å². The maximum atomic E-state index is 12.9. The van der Waals surface area contributed by atoms with E-state index in [0.717, 1.165) is 35.3 Å². The summed E-state index contributed by atoms with van der Waals surface area (Å²) in [7, 11) is 4.11. The predicted molar refractivity (Wildman–Crippen MR) is 107 cm³/mol. The monoisotopic (exact) mass is 336 g/mol. The van der Waals surface area contributed by atoms with Crippen molar-refractivity contribution in [3.63, 3.8) is 0 Å². The van der Waals surface area contributed by atoms with Crippen LogP contribution in [0.2, 0.25) is 0 Å². The van der Waals surface area contributed by atoms with Gasteiger partial charge in [-0.2, -0.15) is 0 Å². The Balaban J connectivity index is 2.24. The predicted octanol–water partition coefficient (Wildman–Crippen LogP) is 4.30. The van der Waals surface area contributed by atoms with Crippen LogP contribution in [0.4, 0.5) is 5.69 Å². The smallest absolute Gasteiger partial charge is 0.251 e. The third-order valence-corrected chi connectivity index (χ3v) is 4.18. The van der Waals surface area contributed by atoms with Crippen molar-refractivity contribution in [2.24, 2.45) is 0 Å². The van der Waals surface area contributed by atoms with Gasteiger partial charge in [-0.1, -0.05) is 48.5 Å². The number of carbonyl (C=O) groups is 1. The summed E-state index contributed by atoms with van der Waals surface area (Å²) < 4.78 is 0. The standard InChI is InChI=1S/C22H28N2O/c1-18-10-8-11-19(2)22(18)24(17-9-16-23(3)4)21(25)15-14-20-12-6-5-7-13-20/h5-8,10-15H,9,16-17H2,1-4H3. The Kier molecular flexibility index (Phi) is 6.96. The van der Waals surface area contributed by atoms with E-state index in [9.17, 15) is 4.79 Å². The number of carbonyl (C=O) groups excluding carboxylic acids is 1. The Hall–Kier alpha value is -2.39. The number of rotatable bonds is 7. The molecule has 0 aliphatic carbocycles. The van der Waals surface area contributed by atoms with Crippen molar-refractivity contribution < 1.29 is 4.79 Å². The summed E-state index contributed by atoms with van der Waals surface area (Å²) in [5, 5.41) is 0. The SMILES string of the molecule is Cc1cccc(C)c1N(CCCN(C)C)C(=O)C=Cc1ccccc1. The fourth-order valence-electron chi connectivity index (χ4n) is 2.93. The van der Waals surface area contributed by atoms with Gasteiger partial charge in [0.05, 0.1) is 0 Å². The highest BCUT2D eigenvalue weighted by atomic mass is 16.2. The van der Waals surface area contributed by atoms with Gasteiger partial charge in [-0.05, 0) is 63.7 Å². The van der Waals surface area contributed by atoms with Crippen LogP contribution in [0.5, 0.6) is 0 Å². The zero-order valence-electron chi connectivity index (χ0n) is 15.7. The van der Waals surface area contributed by atoms with Gasteiger partial charge in [-0.25, -0.2) is 0 Å². The summed E-state index contributed by atoms with van der Waals surface area (Å²) in [6, 6.07) is 16.1. The van der Waals surface area contributed by atoms with E-state index < -0.39 is 0 Å². The lowest BCUT2D eigenvalue weighted by Gasteiger charge is -2.26. The Morgan fingerprint density at radius 2 is 1.56 bits per heavy atom. The van der Waals surface area contributed by atoms with Crippen LogP contribution in [0.25, 0.3) is 6.08 Å². The first-order valence-corrected chi connectivity index (χ1v) is 8.74. The van der Waals surface area contributed by atoms with E-state index >= 15 is 0 Å². The summed E-state index contributed by atoms with van der Waals surface area (Å²) in [6.45, 7) is 5.80. The van der Waals surface area contributed by atoms with Crippen LogP contribution < -0.4 is 4.90 Å². The van der Waals surface area contributed by atoms with Crippen LogP contribution in [0, 0.1) is 13.8 Å². The molecule has 2 aromatic carbocycles. The van der Waals surface area contributed by atoms with Crippen molar-refractivity contribution in [1.29, 1.82) is 0 Å². The van der Waals surface area contributed by atoms with Crippen LogP contribution in [0.1, 0.15) is 23.1 Å². The van der Waals surface area contributed by atoms with Crippen molar-refractivity contribution in [2.75, 3.05) is 32.1 Å². The van der Waals surface area contributed by atoms with Crippen molar-refractivity contribution >= 4 is 17.7 Å². The lowest BCUT2D eigenvalue weighted by atomic mass is 10.1. The molecule has 0 N–H and O–H groups in total. The molecule has 0 fully saturated rings. The first kappa shape index (κ1) is 18.9. The number of nitrogens with zero attached hydrogens (tertiary/aromatic N) is 2. The Morgan fingerprint density at radius 1 is 0.920 bits per heavy atom. The van der Waals surface area contributed by atoms with E-state index in [1.165, 1.54) is 0 Å². The molecule has 0 saturated heterocycles. The van der Waals surface area contributed by atoms with Gasteiger partial charge in [0.15, 0.2) is 0 Å². The fourth-order valence-corrected chi connectivity index (χ4v) is 2.93. The number of anilines is 1. The molecule has 0 aliphatic rings. The van der Waals surface area contributed by atoms with Gasteiger partial charge in [0, 0.05) is 18.3 Å². The number of hydrogen-bond acceptors (Lipinski definition) is 2. The van der Waals surface area contributed by atoms with Crippen molar-refractivity contribution in [2.45, 2.75) is 20.3 Å². The number of aryl methyl sites for hydroxylation is 2. The molecule has 0 unspecified atom stereocenters. The molecule has 0 aliphatic heterocycles. The molecular formula is C22H28N2O. The van der Waals surface area contributed by atoms with E-state index in [0.29, 0.717) is 6.54 Å². The second kappa shape index (κ2) is 9.19. The molecule has 3 nitrogen and oxygen atoms in total. The molecule has 0 aromatic heterocycles. The second-order valence-corrected chi connectivity index (χ2v) is 6.63. The summed E-state index contributed by atoms with van der Waals surface area (Å²) in [4.78, 5) is 17.0. The van der Waals surface area contributed by atoms with Crippen LogP contribution in [-0.4, -0.2) is 38.0 Å². The highest BCUT2D eigenvalue weighted by Crippen LogP contribution is 2.25. The molecule has 2 aromatic rings. The van der Waals surface area contributed by atoms with Crippen LogP contribution in [-0.2, 0) is 4.79 Å². The van der Waals surface area contributed by atoms with Gasteiger partial charge in [-0.3, -0.25) is 4.79 Å². The zero-order valence-corrected chi connectivity index (χ0v) is 15.7. The highest BCUT2D eigenvalue weighted by molar-refractivity contribution is 6.04. The molecule has 25 heavy (non-hydrogen) atoms. The zero-order chi connectivity index (χ0) is 18.2. The molecule has 0 atom stereocenters. The molecule has 2 rings (SSSR count). The molecular weight excluding hydrogens is 308 g/mol. The van der Waals surface area contributed by atoms with Gasteiger partial charge in [0.2, 0.25) is 0 Å². The van der Waals surface area contributed by atoms with Gasteiger partial charge in [-0.15, -0.1) is 0 Å². The van der Waals surface area contributed by atoms with Gasteiger partial charge in [0.25, 0.3) is 5.91 Å². The minimum atomic E-state index is 0.0278. The number of amides is 1. The molecule has 0 bridgehead atoms. The first-order valence-electron chi connectivity index (χ1n) is 8.74. The van der Waals surface area contributed by atoms with E-state index in [1.54, 1.807) is 6.08 Å². The lowest BCUT2D eigenvalue weighted by Crippen LogP contribution is -2.33. The lowest BCUT2D eigenvalue weighted by molar-refractivity contribution is -0.114. The van der Waals surface area contributed by atoms with Crippen molar-refractivity contribution in [3.05, 3.63) is 71.3 Å². The quantitative estimate of drug-likeness (QED) is 0.704. The summed E-state index contributed by atoms with van der Waals surface area (Å²) in [5.74, 6) is 0.0278. The van der Waals surface area contributed by atoms with Crippen LogP contribution in [0.15, 0.2) is 54.6 Å². The van der Waals surface area contributed by atoms with Gasteiger partial charge < -0.3 is 9.80 Å². The summed E-state index contributed by atoms with van der Waals surface area (Å²) in [5.41, 5.74) is 4.33. The van der Waals surface area contributed by atoms with Gasteiger partial charge >= 0.3 is 0 Å². The Morgan fingerprint density at radius 3 is 2.16 bits per heavy atom. The normalized spacial score (nSPS) is 11.2.